The molecule has 6 heteroatoms. The Morgan fingerprint density at radius 2 is 1.84 bits per heavy atom. The molecule has 0 saturated heterocycles. The highest BCUT2D eigenvalue weighted by Crippen LogP contribution is 2.16. The van der Waals surface area contributed by atoms with Gasteiger partial charge in [-0.25, -0.2) is 4.98 Å². The molecular weight excluding hydrogens is 244 g/mol. The molecule has 1 aromatic carbocycles. The molecule has 0 fully saturated rings. The van der Waals surface area contributed by atoms with Gasteiger partial charge in [0.1, 0.15) is 0 Å². The fourth-order valence-electron chi connectivity index (χ4n) is 1.62. The summed E-state index contributed by atoms with van der Waals surface area (Å²) in [5.74, 6) is 0.266. The van der Waals surface area contributed by atoms with Crippen LogP contribution in [0.1, 0.15) is 12.6 Å². The Morgan fingerprint density at radius 1 is 1.21 bits per heavy atom. The van der Waals surface area contributed by atoms with Crippen LogP contribution in [-0.4, -0.2) is 15.9 Å². The molecule has 0 aliphatic rings. The SMILES string of the molecule is CC(=O)Nc1ccc(Nc2nc(C)cc(=O)[nH]2)cc1. The zero-order valence-corrected chi connectivity index (χ0v) is 10.7. The molecule has 0 aliphatic carbocycles. The van der Waals surface area contributed by atoms with E-state index in [1.54, 1.807) is 31.2 Å². The lowest BCUT2D eigenvalue weighted by Crippen LogP contribution is -2.10. The van der Waals surface area contributed by atoms with Crippen molar-refractivity contribution in [1.29, 1.82) is 0 Å². The van der Waals surface area contributed by atoms with E-state index in [1.807, 2.05) is 0 Å². The monoisotopic (exact) mass is 258 g/mol. The van der Waals surface area contributed by atoms with Crippen LogP contribution in [0.3, 0.4) is 0 Å². The minimum Gasteiger partial charge on any atom is -0.326 e. The van der Waals surface area contributed by atoms with Gasteiger partial charge in [0.2, 0.25) is 11.9 Å². The number of benzene rings is 1. The number of amides is 1. The highest BCUT2D eigenvalue weighted by Gasteiger charge is 2.00. The van der Waals surface area contributed by atoms with Crippen LogP contribution >= 0.6 is 0 Å². The quantitative estimate of drug-likeness (QED) is 0.783. The number of aromatic nitrogens is 2. The number of nitrogens with one attached hydrogen (secondary N) is 3. The average molecular weight is 258 g/mol. The highest BCUT2D eigenvalue weighted by molar-refractivity contribution is 5.88. The summed E-state index contributed by atoms with van der Waals surface area (Å²) < 4.78 is 0. The Balaban J connectivity index is 2.15. The topological polar surface area (TPSA) is 86.9 Å². The molecular formula is C13H14N4O2. The van der Waals surface area contributed by atoms with Gasteiger partial charge in [0.15, 0.2) is 0 Å². The number of carbonyl (C=O) groups excluding carboxylic acids is 1. The van der Waals surface area contributed by atoms with Crippen molar-refractivity contribution in [1.82, 2.24) is 9.97 Å². The van der Waals surface area contributed by atoms with Gasteiger partial charge in [-0.3, -0.25) is 14.6 Å². The normalized spacial score (nSPS) is 10.0. The molecule has 98 valence electrons. The lowest BCUT2D eigenvalue weighted by Gasteiger charge is -2.07. The number of hydrogen-bond donors (Lipinski definition) is 3. The lowest BCUT2D eigenvalue weighted by atomic mass is 10.3. The van der Waals surface area contributed by atoms with Crippen molar-refractivity contribution in [2.75, 3.05) is 10.6 Å². The molecule has 1 amide bonds. The van der Waals surface area contributed by atoms with Gasteiger partial charge in [0.05, 0.1) is 0 Å². The van der Waals surface area contributed by atoms with Gasteiger partial charge in [-0.05, 0) is 31.2 Å². The third-order valence-corrected chi connectivity index (χ3v) is 2.34. The Hall–Kier alpha value is -2.63. The molecule has 1 heterocycles. The Labute approximate surface area is 109 Å². The molecule has 6 nitrogen and oxygen atoms in total. The number of aromatic amines is 1. The highest BCUT2D eigenvalue weighted by atomic mass is 16.1. The van der Waals surface area contributed by atoms with E-state index in [-0.39, 0.29) is 11.5 Å². The maximum Gasteiger partial charge on any atom is 0.252 e. The number of rotatable bonds is 3. The smallest absolute Gasteiger partial charge is 0.252 e. The Kier molecular flexibility index (Phi) is 3.61. The molecule has 0 atom stereocenters. The first kappa shape index (κ1) is 12.8. The van der Waals surface area contributed by atoms with E-state index in [0.717, 1.165) is 5.69 Å². The van der Waals surface area contributed by atoms with Crippen molar-refractivity contribution in [3.8, 4) is 0 Å². The van der Waals surface area contributed by atoms with Crippen LogP contribution in [-0.2, 0) is 4.79 Å². The van der Waals surface area contributed by atoms with Crippen molar-refractivity contribution in [3.05, 3.63) is 46.4 Å². The second kappa shape index (κ2) is 5.34. The molecule has 1 aromatic heterocycles. The van der Waals surface area contributed by atoms with Crippen molar-refractivity contribution >= 4 is 23.2 Å². The predicted molar refractivity (Wildman–Crippen MR) is 73.6 cm³/mol. The molecule has 2 aromatic rings. The van der Waals surface area contributed by atoms with Gasteiger partial charge in [0, 0.05) is 30.1 Å². The van der Waals surface area contributed by atoms with E-state index in [0.29, 0.717) is 17.3 Å². The van der Waals surface area contributed by atoms with Crippen LogP contribution in [0.25, 0.3) is 0 Å². The van der Waals surface area contributed by atoms with E-state index in [1.165, 1.54) is 13.0 Å². The minimum absolute atomic E-state index is 0.120. The zero-order chi connectivity index (χ0) is 13.8. The molecule has 0 saturated carbocycles. The third kappa shape index (κ3) is 3.67. The molecule has 0 unspecified atom stereocenters. The van der Waals surface area contributed by atoms with Crippen LogP contribution in [0, 0.1) is 6.92 Å². The van der Waals surface area contributed by atoms with Gasteiger partial charge in [-0.1, -0.05) is 0 Å². The summed E-state index contributed by atoms with van der Waals surface area (Å²) in [6.07, 6.45) is 0. The van der Waals surface area contributed by atoms with E-state index in [4.69, 9.17) is 0 Å². The number of H-pyrrole nitrogens is 1. The summed E-state index contributed by atoms with van der Waals surface area (Å²) >= 11 is 0. The molecule has 0 radical (unpaired) electrons. The van der Waals surface area contributed by atoms with Gasteiger partial charge in [0.25, 0.3) is 5.56 Å². The largest absolute Gasteiger partial charge is 0.326 e. The van der Waals surface area contributed by atoms with Crippen molar-refractivity contribution in [2.45, 2.75) is 13.8 Å². The van der Waals surface area contributed by atoms with Crippen LogP contribution in [0.15, 0.2) is 35.1 Å². The summed E-state index contributed by atoms with van der Waals surface area (Å²) in [5.41, 5.74) is 1.91. The standard InChI is InChI=1S/C13H14N4O2/c1-8-7-12(19)17-13(14-8)16-11-5-3-10(4-6-11)15-9(2)18/h3-7H,1-2H3,(H,15,18)(H2,14,16,17,19). The predicted octanol–water partition coefficient (Wildman–Crippen LogP) is 1.78. The number of nitrogens with zero attached hydrogens (tertiary/aromatic N) is 1. The van der Waals surface area contributed by atoms with E-state index >= 15 is 0 Å². The van der Waals surface area contributed by atoms with E-state index in [9.17, 15) is 9.59 Å². The third-order valence-electron chi connectivity index (χ3n) is 2.34. The summed E-state index contributed by atoms with van der Waals surface area (Å²) in [7, 11) is 0. The fourth-order valence-corrected chi connectivity index (χ4v) is 1.62. The molecule has 0 aliphatic heterocycles. The molecule has 19 heavy (non-hydrogen) atoms. The van der Waals surface area contributed by atoms with Crippen molar-refractivity contribution in [2.24, 2.45) is 0 Å². The van der Waals surface area contributed by atoms with Crippen molar-refractivity contribution in [3.63, 3.8) is 0 Å². The number of aryl methyl sites for hydroxylation is 1. The second-order valence-electron chi connectivity index (χ2n) is 4.12. The van der Waals surface area contributed by atoms with Gasteiger partial charge < -0.3 is 10.6 Å². The molecule has 2 rings (SSSR count). The first-order chi connectivity index (χ1) is 9.02. The van der Waals surface area contributed by atoms with E-state index < -0.39 is 0 Å². The first-order valence-corrected chi connectivity index (χ1v) is 5.75. The maximum absolute atomic E-state index is 11.3. The number of anilines is 3. The lowest BCUT2D eigenvalue weighted by molar-refractivity contribution is -0.114. The van der Waals surface area contributed by atoms with Gasteiger partial charge in [-0.2, -0.15) is 0 Å². The van der Waals surface area contributed by atoms with Gasteiger partial charge in [-0.15, -0.1) is 0 Å². The average Bonchev–Trinajstić information content (AvgIpc) is 2.29. The maximum atomic E-state index is 11.3. The second-order valence-corrected chi connectivity index (χ2v) is 4.12. The van der Waals surface area contributed by atoms with Crippen molar-refractivity contribution < 1.29 is 4.79 Å². The summed E-state index contributed by atoms with van der Waals surface area (Å²) in [6, 6.07) is 8.52. The summed E-state index contributed by atoms with van der Waals surface area (Å²) in [5, 5.41) is 5.66. The van der Waals surface area contributed by atoms with Crippen LogP contribution in [0.2, 0.25) is 0 Å². The minimum atomic E-state index is -0.204. The van der Waals surface area contributed by atoms with Gasteiger partial charge >= 0.3 is 0 Å². The Bertz CT molecular complexity index is 646. The molecule has 0 spiro atoms. The summed E-state index contributed by atoms with van der Waals surface area (Å²) in [6.45, 7) is 3.20. The van der Waals surface area contributed by atoms with Crippen LogP contribution < -0.4 is 16.2 Å². The van der Waals surface area contributed by atoms with E-state index in [2.05, 4.69) is 20.6 Å². The first-order valence-electron chi connectivity index (χ1n) is 5.75. The van der Waals surface area contributed by atoms with Crippen LogP contribution in [0.4, 0.5) is 17.3 Å². The number of hydrogen-bond acceptors (Lipinski definition) is 4. The fraction of sp³-hybridized carbons (Fsp3) is 0.154. The molecule has 3 N–H and O–H groups in total. The zero-order valence-electron chi connectivity index (χ0n) is 10.7. The summed E-state index contributed by atoms with van der Waals surface area (Å²) in [4.78, 5) is 28.9. The Morgan fingerprint density at radius 3 is 2.42 bits per heavy atom. The van der Waals surface area contributed by atoms with Crippen LogP contribution in [0.5, 0.6) is 0 Å². The molecule has 0 bridgehead atoms. The number of carbonyl (C=O) groups is 1.